The van der Waals surface area contributed by atoms with Gasteiger partial charge in [-0.1, -0.05) is 44.4 Å². The second-order valence-corrected chi connectivity index (χ2v) is 10.3. The summed E-state index contributed by atoms with van der Waals surface area (Å²) in [4.78, 5) is 53.7. The number of hydrogen-bond acceptors (Lipinski definition) is 6. The van der Waals surface area contributed by atoms with Gasteiger partial charge < -0.3 is 25.0 Å². The summed E-state index contributed by atoms with van der Waals surface area (Å²) in [5, 5.41) is 5.47. The molecule has 0 spiro atoms. The lowest BCUT2D eigenvalue weighted by Crippen LogP contribution is -2.57. The van der Waals surface area contributed by atoms with E-state index in [0.29, 0.717) is 17.5 Å². The summed E-state index contributed by atoms with van der Waals surface area (Å²) in [5.74, 6) is 0.948. The summed E-state index contributed by atoms with van der Waals surface area (Å²) in [5.41, 5.74) is 0.167. The van der Waals surface area contributed by atoms with Gasteiger partial charge in [0.2, 0.25) is 11.8 Å². The standard InChI is InChI=1S/C29H43N3O6/c1-10-20(6)24(31-28(36)38-29(7,8)9)27(35)32(19(4)5)25(22-16-14-13-15-21(22)11-2)26(34)30-18-17-23(33)37-12-3/h2,13-16,19-20,24-25H,10,12,17-18H2,1,3-9H3,(H,30,34)(H,31,36). The van der Waals surface area contributed by atoms with Crippen LogP contribution in [0.4, 0.5) is 4.79 Å². The Labute approximate surface area is 227 Å². The zero-order valence-corrected chi connectivity index (χ0v) is 23.9. The third-order valence-electron chi connectivity index (χ3n) is 5.83. The quantitative estimate of drug-likeness (QED) is 0.313. The fourth-order valence-electron chi connectivity index (χ4n) is 3.86. The number of nitrogens with zero attached hydrogens (tertiary/aromatic N) is 1. The lowest BCUT2D eigenvalue weighted by molar-refractivity contribution is -0.146. The third-order valence-corrected chi connectivity index (χ3v) is 5.83. The monoisotopic (exact) mass is 529 g/mol. The van der Waals surface area contributed by atoms with E-state index in [9.17, 15) is 19.2 Å². The van der Waals surface area contributed by atoms with Crippen LogP contribution in [0.3, 0.4) is 0 Å². The average molecular weight is 530 g/mol. The van der Waals surface area contributed by atoms with E-state index in [4.69, 9.17) is 15.9 Å². The van der Waals surface area contributed by atoms with E-state index < -0.39 is 47.6 Å². The predicted octanol–water partition coefficient (Wildman–Crippen LogP) is 3.95. The van der Waals surface area contributed by atoms with Crippen LogP contribution in [-0.2, 0) is 23.9 Å². The number of nitrogens with one attached hydrogen (secondary N) is 2. The minimum Gasteiger partial charge on any atom is -0.466 e. The molecule has 0 heterocycles. The number of amides is 3. The third kappa shape index (κ3) is 9.73. The summed E-state index contributed by atoms with van der Waals surface area (Å²) < 4.78 is 10.3. The molecule has 2 N–H and O–H groups in total. The molecule has 0 radical (unpaired) electrons. The van der Waals surface area contributed by atoms with Crippen molar-refractivity contribution in [2.24, 2.45) is 5.92 Å². The molecule has 0 aliphatic carbocycles. The largest absolute Gasteiger partial charge is 0.466 e. The van der Waals surface area contributed by atoms with Crippen LogP contribution in [0.1, 0.15) is 85.4 Å². The van der Waals surface area contributed by atoms with Gasteiger partial charge in [0.15, 0.2) is 0 Å². The highest BCUT2D eigenvalue weighted by atomic mass is 16.6. The van der Waals surface area contributed by atoms with Gasteiger partial charge in [-0.05, 0) is 59.1 Å². The molecule has 3 atom stereocenters. The molecular weight excluding hydrogens is 486 g/mol. The summed E-state index contributed by atoms with van der Waals surface area (Å²) in [7, 11) is 0. The van der Waals surface area contributed by atoms with E-state index >= 15 is 0 Å². The highest BCUT2D eigenvalue weighted by molar-refractivity contribution is 5.93. The molecule has 9 heteroatoms. The van der Waals surface area contributed by atoms with Gasteiger partial charge in [-0.2, -0.15) is 0 Å². The van der Waals surface area contributed by atoms with Gasteiger partial charge in [0.1, 0.15) is 17.7 Å². The lowest BCUT2D eigenvalue weighted by Gasteiger charge is -2.38. The molecule has 9 nitrogen and oxygen atoms in total. The van der Waals surface area contributed by atoms with Crippen LogP contribution in [0.2, 0.25) is 0 Å². The van der Waals surface area contributed by atoms with Crippen LogP contribution < -0.4 is 10.6 Å². The zero-order valence-electron chi connectivity index (χ0n) is 23.9. The number of carbonyl (C=O) groups excluding carboxylic acids is 4. The number of benzene rings is 1. The molecule has 210 valence electrons. The Hall–Kier alpha value is -3.54. The Morgan fingerprint density at radius 3 is 2.24 bits per heavy atom. The maximum Gasteiger partial charge on any atom is 0.408 e. The summed E-state index contributed by atoms with van der Waals surface area (Å²) in [6.07, 6.45) is 5.60. The van der Waals surface area contributed by atoms with Gasteiger partial charge >= 0.3 is 12.1 Å². The highest BCUT2D eigenvalue weighted by Gasteiger charge is 2.40. The van der Waals surface area contributed by atoms with E-state index in [0.717, 1.165) is 0 Å². The van der Waals surface area contributed by atoms with Crippen molar-refractivity contribution in [3.8, 4) is 12.3 Å². The van der Waals surface area contributed by atoms with Gasteiger partial charge in [0.05, 0.1) is 13.0 Å². The molecular formula is C29H43N3O6. The van der Waals surface area contributed by atoms with Crippen molar-refractivity contribution in [3.05, 3.63) is 35.4 Å². The summed E-state index contributed by atoms with van der Waals surface area (Å²) in [6.45, 7) is 14.5. The molecule has 0 fully saturated rings. The highest BCUT2D eigenvalue weighted by Crippen LogP contribution is 2.29. The van der Waals surface area contributed by atoms with Crippen LogP contribution in [0, 0.1) is 18.3 Å². The molecule has 1 aromatic rings. The maximum absolute atomic E-state index is 14.1. The second kappa shape index (κ2) is 15.0. The summed E-state index contributed by atoms with van der Waals surface area (Å²) >= 11 is 0. The molecule has 0 saturated heterocycles. The van der Waals surface area contributed by atoms with Crippen LogP contribution >= 0.6 is 0 Å². The van der Waals surface area contributed by atoms with Crippen LogP contribution in [0.5, 0.6) is 0 Å². The number of terminal acetylenes is 1. The second-order valence-electron chi connectivity index (χ2n) is 10.3. The number of carbonyl (C=O) groups is 4. The number of esters is 1. The normalized spacial score (nSPS) is 13.5. The molecule has 1 aromatic carbocycles. The van der Waals surface area contributed by atoms with Crippen molar-refractivity contribution in [2.45, 2.75) is 92.0 Å². The fraction of sp³-hybridized carbons (Fsp3) is 0.586. The SMILES string of the molecule is C#Cc1ccccc1C(C(=O)NCCC(=O)OCC)N(C(=O)C(NC(=O)OC(C)(C)C)C(C)CC)C(C)C. The van der Waals surface area contributed by atoms with E-state index in [1.165, 1.54) is 4.90 Å². The van der Waals surface area contributed by atoms with Crippen molar-refractivity contribution >= 4 is 23.9 Å². The predicted molar refractivity (Wildman–Crippen MR) is 146 cm³/mol. The number of ether oxygens (including phenoxy) is 2. The molecule has 0 aromatic heterocycles. The van der Waals surface area contributed by atoms with Gasteiger partial charge in [0.25, 0.3) is 0 Å². The Kier molecular flexibility index (Phi) is 12.8. The Balaban J connectivity index is 3.49. The molecule has 1 rings (SSSR count). The molecule has 0 aliphatic rings. The van der Waals surface area contributed by atoms with Crippen molar-refractivity contribution in [2.75, 3.05) is 13.2 Å². The first kappa shape index (κ1) is 32.5. The molecule has 38 heavy (non-hydrogen) atoms. The minimum absolute atomic E-state index is 0.0194. The van der Waals surface area contributed by atoms with E-state index in [-0.39, 0.29) is 25.5 Å². The molecule has 0 bridgehead atoms. The van der Waals surface area contributed by atoms with Crippen molar-refractivity contribution in [1.29, 1.82) is 0 Å². The lowest BCUT2D eigenvalue weighted by atomic mass is 9.93. The Morgan fingerprint density at radius 2 is 1.71 bits per heavy atom. The van der Waals surface area contributed by atoms with Gasteiger partial charge in [-0.15, -0.1) is 6.42 Å². The first-order chi connectivity index (χ1) is 17.8. The van der Waals surface area contributed by atoms with Crippen molar-refractivity contribution < 1.29 is 28.7 Å². The Morgan fingerprint density at radius 1 is 1.08 bits per heavy atom. The smallest absolute Gasteiger partial charge is 0.408 e. The van der Waals surface area contributed by atoms with Crippen molar-refractivity contribution in [3.63, 3.8) is 0 Å². The number of alkyl carbamates (subject to hydrolysis) is 1. The minimum atomic E-state index is -1.11. The average Bonchev–Trinajstić information content (AvgIpc) is 2.83. The van der Waals surface area contributed by atoms with Crippen molar-refractivity contribution in [1.82, 2.24) is 15.5 Å². The molecule has 3 unspecified atom stereocenters. The van der Waals surface area contributed by atoms with Crippen LogP contribution in [-0.4, -0.2) is 59.6 Å². The molecule has 0 saturated carbocycles. The van der Waals surface area contributed by atoms with E-state index in [2.05, 4.69) is 16.6 Å². The number of rotatable bonds is 12. The maximum atomic E-state index is 14.1. The van der Waals surface area contributed by atoms with E-state index in [1.807, 2.05) is 13.8 Å². The van der Waals surface area contributed by atoms with Gasteiger partial charge in [-0.25, -0.2) is 4.79 Å². The molecule has 3 amide bonds. The zero-order chi connectivity index (χ0) is 29.0. The first-order valence-electron chi connectivity index (χ1n) is 13.1. The molecule has 0 aliphatic heterocycles. The van der Waals surface area contributed by atoms with E-state index in [1.54, 1.807) is 65.8 Å². The number of hydrogen-bond donors (Lipinski definition) is 2. The van der Waals surface area contributed by atoms with Crippen LogP contribution in [0.25, 0.3) is 0 Å². The fourth-order valence-corrected chi connectivity index (χ4v) is 3.86. The topological polar surface area (TPSA) is 114 Å². The first-order valence-corrected chi connectivity index (χ1v) is 13.1. The van der Waals surface area contributed by atoms with Gasteiger partial charge in [0, 0.05) is 18.2 Å². The van der Waals surface area contributed by atoms with Gasteiger partial charge in [-0.3, -0.25) is 14.4 Å². The summed E-state index contributed by atoms with van der Waals surface area (Å²) in [6, 6.07) is 4.38. The van der Waals surface area contributed by atoms with Crippen LogP contribution in [0.15, 0.2) is 24.3 Å². The Bertz CT molecular complexity index is 1010.